The van der Waals surface area contributed by atoms with E-state index in [4.69, 9.17) is 10.5 Å². The predicted octanol–water partition coefficient (Wildman–Crippen LogP) is 0.290. The van der Waals surface area contributed by atoms with Crippen LogP contribution >= 0.6 is 24.8 Å². The second kappa shape index (κ2) is 6.23. The van der Waals surface area contributed by atoms with Gasteiger partial charge in [0, 0.05) is 6.26 Å². The molecule has 0 rings (SSSR count). The number of nitrogens with zero attached hydrogens (tertiary/aromatic N) is 2. The fourth-order valence-corrected chi connectivity index (χ4v) is 0.603. The van der Waals surface area contributed by atoms with Gasteiger partial charge in [-0.15, -0.1) is 24.8 Å². The maximum absolute atomic E-state index is 10.3. The van der Waals surface area contributed by atoms with Crippen LogP contribution in [0.15, 0.2) is 0 Å². The van der Waals surface area contributed by atoms with Crippen molar-refractivity contribution in [2.24, 2.45) is 0 Å². The zero-order valence-electron chi connectivity index (χ0n) is 5.51. The summed E-state index contributed by atoms with van der Waals surface area (Å²) in [5.41, 5.74) is 0. The molecule has 0 bridgehead atoms. The van der Waals surface area contributed by atoms with Crippen molar-refractivity contribution >= 4 is 34.7 Å². The highest BCUT2D eigenvalue weighted by Crippen LogP contribution is 1.93. The molecule has 0 radical (unpaired) electrons. The molecule has 0 atom stereocenters. The summed E-state index contributed by atoms with van der Waals surface area (Å²) in [7, 11) is -3.49. The lowest BCUT2D eigenvalue weighted by molar-refractivity contribution is 0.601. The number of hydrogen-bond acceptors (Lipinski definition) is 4. The van der Waals surface area contributed by atoms with Crippen LogP contribution in [0, 0.1) is 22.7 Å². The third-order valence-corrected chi connectivity index (χ3v) is 1.73. The van der Waals surface area contributed by atoms with E-state index in [1.54, 1.807) is 0 Å². The fourth-order valence-electron chi connectivity index (χ4n) is 0.220. The van der Waals surface area contributed by atoms with Crippen molar-refractivity contribution in [3.63, 3.8) is 0 Å². The van der Waals surface area contributed by atoms with Crippen LogP contribution < -0.4 is 0 Å². The number of rotatable bonds is 1. The maximum atomic E-state index is 10.3. The van der Waals surface area contributed by atoms with Crippen LogP contribution in [-0.4, -0.2) is 19.9 Å². The Balaban J connectivity index is -0.000000320. The fraction of sp³-hybridized carbons (Fsp3) is 0.500. The van der Waals surface area contributed by atoms with Crippen LogP contribution in [0.5, 0.6) is 0 Å². The van der Waals surface area contributed by atoms with Crippen LogP contribution in [0.25, 0.3) is 0 Å². The van der Waals surface area contributed by atoms with E-state index < -0.39 is 15.1 Å². The van der Waals surface area contributed by atoms with E-state index in [2.05, 4.69) is 0 Å². The number of sulfone groups is 1. The first-order valence-electron chi connectivity index (χ1n) is 2.00. The van der Waals surface area contributed by atoms with Gasteiger partial charge in [-0.2, -0.15) is 10.5 Å². The smallest absolute Gasteiger partial charge is 0.227 e. The SMILES string of the molecule is CS(=O)(=O)C(C#N)C#N.Cl.Cl. The second-order valence-electron chi connectivity index (χ2n) is 1.47. The van der Waals surface area contributed by atoms with Gasteiger partial charge in [-0.25, -0.2) is 8.42 Å². The van der Waals surface area contributed by atoms with Crippen molar-refractivity contribution in [2.75, 3.05) is 6.26 Å². The van der Waals surface area contributed by atoms with Gasteiger partial charge in [0.2, 0.25) is 5.25 Å². The van der Waals surface area contributed by atoms with Gasteiger partial charge in [0.1, 0.15) is 0 Å². The topological polar surface area (TPSA) is 81.7 Å². The van der Waals surface area contributed by atoms with Gasteiger partial charge < -0.3 is 0 Å². The molecule has 0 spiro atoms. The van der Waals surface area contributed by atoms with Gasteiger partial charge in [0.25, 0.3) is 0 Å². The van der Waals surface area contributed by atoms with E-state index in [0.717, 1.165) is 6.26 Å². The third-order valence-electron chi connectivity index (χ3n) is 0.663. The Kier molecular flexibility index (Phi) is 9.55. The van der Waals surface area contributed by atoms with Crippen molar-refractivity contribution in [1.82, 2.24) is 0 Å². The van der Waals surface area contributed by atoms with Gasteiger partial charge in [0.15, 0.2) is 9.84 Å². The first kappa shape index (κ1) is 16.9. The quantitative estimate of drug-likeness (QED) is 0.632. The molecule has 64 valence electrons. The van der Waals surface area contributed by atoms with Gasteiger partial charge in [-0.3, -0.25) is 0 Å². The van der Waals surface area contributed by atoms with Crippen molar-refractivity contribution in [2.45, 2.75) is 5.25 Å². The molecule has 0 aliphatic heterocycles. The molecule has 0 fully saturated rings. The minimum absolute atomic E-state index is 0. The molecule has 0 aromatic carbocycles. The summed E-state index contributed by atoms with van der Waals surface area (Å²) in [4.78, 5) is 0. The Morgan fingerprint density at radius 1 is 1.18 bits per heavy atom. The van der Waals surface area contributed by atoms with Crippen LogP contribution in [-0.2, 0) is 9.84 Å². The van der Waals surface area contributed by atoms with Gasteiger partial charge >= 0.3 is 0 Å². The lowest BCUT2D eigenvalue weighted by atomic mass is 10.5. The van der Waals surface area contributed by atoms with E-state index >= 15 is 0 Å². The van der Waals surface area contributed by atoms with E-state index in [1.165, 1.54) is 12.1 Å². The molecule has 0 aliphatic rings. The summed E-state index contributed by atoms with van der Waals surface area (Å²) < 4.78 is 20.7. The average Bonchev–Trinajstić information content (AvgIpc) is 1.65. The summed E-state index contributed by atoms with van der Waals surface area (Å²) >= 11 is 0. The molecule has 0 saturated carbocycles. The van der Waals surface area contributed by atoms with Gasteiger partial charge in [-0.05, 0) is 0 Å². The van der Waals surface area contributed by atoms with Gasteiger partial charge in [0.05, 0.1) is 12.1 Å². The molecule has 0 N–H and O–H groups in total. The third kappa shape index (κ3) is 5.93. The molecule has 0 unspecified atom stereocenters. The Morgan fingerprint density at radius 2 is 1.45 bits per heavy atom. The number of nitriles is 2. The monoisotopic (exact) mass is 216 g/mol. The number of halogens is 2. The first-order chi connectivity index (χ1) is 4.02. The predicted molar refractivity (Wildman–Crippen MR) is 44.4 cm³/mol. The van der Waals surface area contributed by atoms with Crippen molar-refractivity contribution in [3.05, 3.63) is 0 Å². The Labute approximate surface area is 77.6 Å². The van der Waals surface area contributed by atoms with Crippen LogP contribution in [0.2, 0.25) is 0 Å². The molecule has 0 aromatic heterocycles. The summed E-state index contributed by atoms with van der Waals surface area (Å²) in [6, 6.07) is 2.69. The molecule has 11 heavy (non-hydrogen) atoms. The molecule has 7 heteroatoms. The number of hydrogen-bond donors (Lipinski definition) is 0. The second-order valence-corrected chi connectivity index (χ2v) is 3.60. The highest BCUT2D eigenvalue weighted by Gasteiger charge is 2.17. The van der Waals surface area contributed by atoms with Crippen molar-refractivity contribution in [1.29, 1.82) is 10.5 Å². The highest BCUT2D eigenvalue weighted by molar-refractivity contribution is 7.91. The standard InChI is InChI=1S/C4H4N2O2S.2ClH/c1-9(7,8)4(2-5)3-6;;/h4H,1H3;2*1H. The van der Waals surface area contributed by atoms with Crippen LogP contribution in [0.4, 0.5) is 0 Å². The zero-order chi connectivity index (χ0) is 7.49. The molecule has 0 heterocycles. The molecular weight excluding hydrogens is 211 g/mol. The van der Waals surface area contributed by atoms with Crippen molar-refractivity contribution in [3.8, 4) is 12.1 Å². The van der Waals surface area contributed by atoms with Crippen LogP contribution in [0.3, 0.4) is 0 Å². The molecule has 0 aromatic rings. The largest absolute Gasteiger partial charge is 0.233 e. The van der Waals surface area contributed by atoms with Gasteiger partial charge in [-0.1, -0.05) is 0 Å². The van der Waals surface area contributed by atoms with Crippen LogP contribution in [0.1, 0.15) is 0 Å². The minimum Gasteiger partial charge on any atom is -0.227 e. The van der Waals surface area contributed by atoms with E-state index in [0.29, 0.717) is 0 Å². The lowest BCUT2D eigenvalue weighted by Gasteiger charge is -1.90. The molecular formula is C4H6Cl2N2O2S. The Bertz CT molecular complexity index is 259. The van der Waals surface area contributed by atoms with E-state index in [-0.39, 0.29) is 24.8 Å². The lowest BCUT2D eigenvalue weighted by Crippen LogP contribution is -2.14. The molecule has 0 aliphatic carbocycles. The van der Waals surface area contributed by atoms with E-state index in [9.17, 15) is 8.42 Å². The summed E-state index contributed by atoms with van der Waals surface area (Å²) in [5, 5.41) is 14.5. The summed E-state index contributed by atoms with van der Waals surface area (Å²) in [5.74, 6) is 0. The minimum atomic E-state index is -3.49. The van der Waals surface area contributed by atoms with Crippen molar-refractivity contribution < 1.29 is 8.42 Å². The molecule has 0 saturated heterocycles. The zero-order valence-corrected chi connectivity index (χ0v) is 7.96. The Hall–Kier alpha value is -0.490. The summed E-state index contributed by atoms with van der Waals surface area (Å²) in [6.45, 7) is 0. The Morgan fingerprint density at radius 3 is 1.45 bits per heavy atom. The molecule has 4 nitrogen and oxygen atoms in total. The normalized spacial score (nSPS) is 8.36. The first-order valence-corrected chi connectivity index (χ1v) is 3.96. The average molecular weight is 217 g/mol. The van der Waals surface area contributed by atoms with E-state index in [1.807, 2.05) is 0 Å². The molecule has 0 amide bonds. The maximum Gasteiger partial charge on any atom is 0.233 e. The summed E-state index contributed by atoms with van der Waals surface area (Å²) in [6.07, 6.45) is 0.851. The highest BCUT2D eigenvalue weighted by atomic mass is 35.5.